The molecule has 2 fully saturated rings. The van der Waals surface area contributed by atoms with Crippen LogP contribution >= 0.6 is 0 Å². The summed E-state index contributed by atoms with van der Waals surface area (Å²) in [5, 5.41) is 3.69. The number of nitrogens with one attached hydrogen (secondary N) is 1. The maximum Gasteiger partial charge on any atom is 0.0594 e. The second-order valence-electron chi connectivity index (χ2n) is 4.74. The fourth-order valence-corrected chi connectivity index (χ4v) is 2.56. The van der Waals surface area contributed by atoms with Gasteiger partial charge in [-0.3, -0.25) is 4.90 Å². The lowest BCUT2D eigenvalue weighted by molar-refractivity contribution is 0.0380. The predicted molar refractivity (Wildman–Crippen MR) is 62.1 cm³/mol. The van der Waals surface area contributed by atoms with Crippen LogP contribution in [0.2, 0.25) is 0 Å². The molecule has 1 N–H and O–H groups in total. The van der Waals surface area contributed by atoms with E-state index >= 15 is 0 Å². The fraction of sp³-hybridized carbons (Fsp3) is 1.00. The molecule has 0 radical (unpaired) electrons. The van der Waals surface area contributed by atoms with E-state index in [0.717, 1.165) is 38.9 Å². The molecule has 3 nitrogen and oxygen atoms in total. The topological polar surface area (TPSA) is 24.5 Å². The molecule has 0 spiro atoms. The normalized spacial score (nSPS) is 25.6. The first-order chi connectivity index (χ1) is 7.45. The Bertz CT molecular complexity index is 145. The molecule has 0 atom stereocenters. The molecule has 0 aromatic heterocycles. The van der Waals surface area contributed by atoms with Crippen molar-refractivity contribution in [3.8, 4) is 0 Å². The number of morpholine rings is 1. The van der Waals surface area contributed by atoms with Gasteiger partial charge in [-0.05, 0) is 12.8 Å². The summed E-state index contributed by atoms with van der Waals surface area (Å²) >= 11 is 0. The molecule has 2 aliphatic rings. The van der Waals surface area contributed by atoms with Gasteiger partial charge >= 0.3 is 0 Å². The molecule has 1 saturated heterocycles. The molecular weight excluding hydrogens is 188 g/mol. The molecule has 0 aromatic rings. The van der Waals surface area contributed by atoms with E-state index in [1.807, 2.05) is 0 Å². The minimum Gasteiger partial charge on any atom is -0.379 e. The minimum absolute atomic E-state index is 0.805. The Balaban J connectivity index is 1.53. The Labute approximate surface area is 93.2 Å². The van der Waals surface area contributed by atoms with Crippen molar-refractivity contribution in [3.05, 3.63) is 0 Å². The van der Waals surface area contributed by atoms with Crippen molar-refractivity contribution in [3.63, 3.8) is 0 Å². The molecular formula is C12H24N2O. The smallest absolute Gasteiger partial charge is 0.0594 e. The average molecular weight is 212 g/mol. The number of nitrogens with zero attached hydrogens (tertiary/aromatic N) is 1. The largest absolute Gasteiger partial charge is 0.379 e. The maximum atomic E-state index is 5.33. The molecule has 15 heavy (non-hydrogen) atoms. The van der Waals surface area contributed by atoms with Gasteiger partial charge in [-0.25, -0.2) is 0 Å². The van der Waals surface area contributed by atoms with E-state index in [1.54, 1.807) is 0 Å². The van der Waals surface area contributed by atoms with Crippen LogP contribution in [-0.4, -0.2) is 50.3 Å². The van der Waals surface area contributed by atoms with Crippen molar-refractivity contribution in [1.29, 1.82) is 0 Å². The van der Waals surface area contributed by atoms with Gasteiger partial charge in [-0.2, -0.15) is 0 Å². The third-order valence-corrected chi connectivity index (χ3v) is 3.57. The van der Waals surface area contributed by atoms with Crippen LogP contribution in [-0.2, 0) is 4.74 Å². The van der Waals surface area contributed by atoms with E-state index in [4.69, 9.17) is 4.74 Å². The molecule has 0 unspecified atom stereocenters. The standard InChI is InChI=1S/C12H24N2O/c1-2-4-12(5-3-1)13-6-7-14-8-10-15-11-9-14/h12-13H,1-11H2. The van der Waals surface area contributed by atoms with Crippen LogP contribution in [0.4, 0.5) is 0 Å². The van der Waals surface area contributed by atoms with Gasteiger partial charge in [0, 0.05) is 32.2 Å². The van der Waals surface area contributed by atoms with Crippen LogP contribution in [0.3, 0.4) is 0 Å². The summed E-state index contributed by atoms with van der Waals surface area (Å²) in [5.41, 5.74) is 0. The molecule has 2 rings (SSSR count). The molecule has 0 amide bonds. The highest BCUT2D eigenvalue weighted by Gasteiger charge is 2.13. The fourth-order valence-electron chi connectivity index (χ4n) is 2.56. The average Bonchev–Trinajstić information content (AvgIpc) is 2.32. The van der Waals surface area contributed by atoms with Gasteiger partial charge in [0.2, 0.25) is 0 Å². The summed E-state index contributed by atoms with van der Waals surface area (Å²) in [6, 6.07) is 0.805. The molecule has 1 saturated carbocycles. The van der Waals surface area contributed by atoms with Gasteiger partial charge < -0.3 is 10.1 Å². The van der Waals surface area contributed by atoms with E-state index in [9.17, 15) is 0 Å². The highest BCUT2D eigenvalue weighted by molar-refractivity contribution is 4.73. The second-order valence-corrected chi connectivity index (χ2v) is 4.74. The van der Waals surface area contributed by atoms with Crippen molar-refractivity contribution < 1.29 is 4.74 Å². The van der Waals surface area contributed by atoms with Crippen LogP contribution in [0.25, 0.3) is 0 Å². The van der Waals surface area contributed by atoms with Crippen LogP contribution in [0.1, 0.15) is 32.1 Å². The van der Waals surface area contributed by atoms with Crippen LogP contribution < -0.4 is 5.32 Å². The molecule has 88 valence electrons. The van der Waals surface area contributed by atoms with Gasteiger partial charge in [-0.1, -0.05) is 19.3 Å². The van der Waals surface area contributed by atoms with Gasteiger partial charge in [0.1, 0.15) is 0 Å². The number of rotatable bonds is 4. The zero-order chi connectivity index (χ0) is 10.3. The van der Waals surface area contributed by atoms with Crippen molar-refractivity contribution in [2.75, 3.05) is 39.4 Å². The summed E-state index contributed by atoms with van der Waals surface area (Å²) in [6.45, 7) is 6.43. The van der Waals surface area contributed by atoms with E-state index < -0.39 is 0 Å². The molecule has 1 heterocycles. The van der Waals surface area contributed by atoms with E-state index in [-0.39, 0.29) is 0 Å². The number of hydrogen-bond donors (Lipinski definition) is 1. The number of ether oxygens (including phenoxy) is 1. The van der Waals surface area contributed by atoms with Gasteiger partial charge in [0.05, 0.1) is 13.2 Å². The van der Waals surface area contributed by atoms with Gasteiger partial charge in [0.15, 0.2) is 0 Å². The Morgan fingerprint density at radius 2 is 1.80 bits per heavy atom. The highest BCUT2D eigenvalue weighted by Crippen LogP contribution is 2.16. The van der Waals surface area contributed by atoms with Gasteiger partial charge in [-0.15, -0.1) is 0 Å². The van der Waals surface area contributed by atoms with E-state index in [2.05, 4.69) is 10.2 Å². The first-order valence-electron chi connectivity index (χ1n) is 6.48. The Morgan fingerprint density at radius 1 is 1.07 bits per heavy atom. The minimum atomic E-state index is 0.805. The van der Waals surface area contributed by atoms with E-state index in [1.165, 1.54) is 38.6 Å². The van der Waals surface area contributed by atoms with Crippen molar-refractivity contribution >= 4 is 0 Å². The third kappa shape index (κ3) is 4.09. The monoisotopic (exact) mass is 212 g/mol. The quantitative estimate of drug-likeness (QED) is 0.759. The summed E-state index contributed by atoms with van der Waals surface area (Å²) < 4.78 is 5.33. The molecule has 0 bridgehead atoms. The van der Waals surface area contributed by atoms with Crippen LogP contribution in [0.5, 0.6) is 0 Å². The lowest BCUT2D eigenvalue weighted by Gasteiger charge is -2.28. The third-order valence-electron chi connectivity index (χ3n) is 3.57. The zero-order valence-corrected chi connectivity index (χ0v) is 9.71. The zero-order valence-electron chi connectivity index (χ0n) is 9.71. The SMILES string of the molecule is C1CCC(NCCN2CCOCC2)CC1. The summed E-state index contributed by atoms with van der Waals surface area (Å²) in [4.78, 5) is 2.50. The molecule has 3 heteroatoms. The van der Waals surface area contributed by atoms with Gasteiger partial charge in [0.25, 0.3) is 0 Å². The van der Waals surface area contributed by atoms with E-state index in [0.29, 0.717) is 0 Å². The van der Waals surface area contributed by atoms with Crippen LogP contribution in [0.15, 0.2) is 0 Å². The first-order valence-corrected chi connectivity index (χ1v) is 6.48. The number of hydrogen-bond acceptors (Lipinski definition) is 3. The molecule has 1 aliphatic carbocycles. The van der Waals surface area contributed by atoms with Crippen molar-refractivity contribution in [2.24, 2.45) is 0 Å². The van der Waals surface area contributed by atoms with Crippen LogP contribution in [0, 0.1) is 0 Å². The first kappa shape index (κ1) is 11.4. The van der Waals surface area contributed by atoms with Crippen molar-refractivity contribution in [2.45, 2.75) is 38.1 Å². The maximum absolute atomic E-state index is 5.33. The predicted octanol–water partition coefficient (Wildman–Crippen LogP) is 1.24. The Morgan fingerprint density at radius 3 is 2.53 bits per heavy atom. The second kappa shape index (κ2) is 6.46. The lowest BCUT2D eigenvalue weighted by Crippen LogP contribution is -2.42. The lowest BCUT2D eigenvalue weighted by atomic mass is 9.95. The summed E-state index contributed by atoms with van der Waals surface area (Å²) in [7, 11) is 0. The molecule has 0 aromatic carbocycles. The Hall–Kier alpha value is -0.120. The summed E-state index contributed by atoms with van der Waals surface area (Å²) in [6.07, 6.45) is 7.08. The molecule has 1 aliphatic heterocycles. The summed E-state index contributed by atoms with van der Waals surface area (Å²) in [5.74, 6) is 0. The van der Waals surface area contributed by atoms with Crippen molar-refractivity contribution in [1.82, 2.24) is 10.2 Å². The Kier molecular flexibility index (Phi) is 4.90. The highest BCUT2D eigenvalue weighted by atomic mass is 16.5.